The second-order valence-corrected chi connectivity index (χ2v) is 3.49. The van der Waals surface area contributed by atoms with Gasteiger partial charge in [0.05, 0.1) is 11.8 Å². The van der Waals surface area contributed by atoms with E-state index in [0.717, 1.165) is 19.4 Å². The summed E-state index contributed by atoms with van der Waals surface area (Å²) in [5.74, 6) is -0.194. The largest absolute Gasteiger partial charge is 0.372 e. The SMILES string of the molecule is CN(CCCCC#N)c1ccccc1F. The van der Waals surface area contributed by atoms with E-state index in [9.17, 15) is 4.39 Å². The topological polar surface area (TPSA) is 27.0 Å². The van der Waals surface area contributed by atoms with Crippen molar-refractivity contribution in [2.24, 2.45) is 0 Å². The summed E-state index contributed by atoms with van der Waals surface area (Å²) in [6.45, 7) is 0.780. The molecule has 0 fully saturated rings. The highest BCUT2D eigenvalue weighted by atomic mass is 19.1. The molecule has 1 rings (SSSR count). The van der Waals surface area contributed by atoms with Crippen molar-refractivity contribution in [3.63, 3.8) is 0 Å². The Labute approximate surface area is 89.9 Å². The summed E-state index contributed by atoms with van der Waals surface area (Å²) in [4.78, 5) is 1.88. The number of halogens is 1. The quantitative estimate of drug-likeness (QED) is 0.692. The molecule has 0 aliphatic heterocycles. The van der Waals surface area contributed by atoms with Crippen molar-refractivity contribution >= 4 is 5.69 Å². The van der Waals surface area contributed by atoms with Gasteiger partial charge in [-0.2, -0.15) is 5.26 Å². The van der Waals surface area contributed by atoms with Gasteiger partial charge in [-0.25, -0.2) is 4.39 Å². The van der Waals surface area contributed by atoms with Crippen LogP contribution in [0, 0.1) is 17.1 Å². The van der Waals surface area contributed by atoms with E-state index < -0.39 is 0 Å². The predicted molar refractivity (Wildman–Crippen MR) is 59.1 cm³/mol. The van der Waals surface area contributed by atoms with Crippen LogP contribution in [0.4, 0.5) is 10.1 Å². The lowest BCUT2D eigenvalue weighted by molar-refractivity contribution is 0.618. The molecule has 0 radical (unpaired) electrons. The van der Waals surface area contributed by atoms with Gasteiger partial charge in [0.1, 0.15) is 5.82 Å². The molecule has 0 unspecified atom stereocenters. The molecule has 0 aromatic heterocycles. The van der Waals surface area contributed by atoms with Crippen molar-refractivity contribution in [1.29, 1.82) is 5.26 Å². The van der Waals surface area contributed by atoms with Crippen molar-refractivity contribution < 1.29 is 4.39 Å². The zero-order chi connectivity index (χ0) is 11.1. The second-order valence-electron chi connectivity index (χ2n) is 3.49. The first-order valence-corrected chi connectivity index (χ1v) is 5.08. The third-order valence-electron chi connectivity index (χ3n) is 2.30. The molecule has 0 atom stereocenters. The average molecular weight is 206 g/mol. The molecule has 0 saturated heterocycles. The molecular weight excluding hydrogens is 191 g/mol. The van der Waals surface area contributed by atoms with Crippen LogP contribution in [0.2, 0.25) is 0 Å². The number of hydrogen-bond donors (Lipinski definition) is 0. The first kappa shape index (κ1) is 11.5. The Kier molecular flexibility index (Phi) is 4.62. The molecule has 3 heteroatoms. The van der Waals surface area contributed by atoms with Crippen LogP contribution >= 0.6 is 0 Å². The summed E-state index contributed by atoms with van der Waals surface area (Å²) in [5.41, 5.74) is 0.620. The fourth-order valence-electron chi connectivity index (χ4n) is 1.43. The van der Waals surface area contributed by atoms with Crippen LogP contribution in [0.3, 0.4) is 0 Å². The van der Waals surface area contributed by atoms with E-state index in [1.165, 1.54) is 6.07 Å². The zero-order valence-corrected chi connectivity index (χ0v) is 8.91. The van der Waals surface area contributed by atoms with E-state index in [1.807, 2.05) is 18.0 Å². The summed E-state index contributed by atoms with van der Waals surface area (Å²) in [5, 5.41) is 8.37. The van der Waals surface area contributed by atoms with Gasteiger partial charge in [0, 0.05) is 20.0 Å². The van der Waals surface area contributed by atoms with Crippen LogP contribution in [0.1, 0.15) is 19.3 Å². The molecule has 0 aliphatic carbocycles. The summed E-state index contributed by atoms with van der Waals surface area (Å²) < 4.78 is 13.3. The normalized spacial score (nSPS) is 9.67. The van der Waals surface area contributed by atoms with Crippen molar-refractivity contribution in [2.45, 2.75) is 19.3 Å². The van der Waals surface area contributed by atoms with Gasteiger partial charge < -0.3 is 4.90 Å². The van der Waals surface area contributed by atoms with E-state index in [-0.39, 0.29) is 5.82 Å². The summed E-state index contributed by atoms with van der Waals surface area (Å²) >= 11 is 0. The highest BCUT2D eigenvalue weighted by molar-refractivity contribution is 5.46. The van der Waals surface area contributed by atoms with Gasteiger partial charge in [0.15, 0.2) is 0 Å². The van der Waals surface area contributed by atoms with Crippen molar-refractivity contribution in [3.05, 3.63) is 30.1 Å². The maximum absolute atomic E-state index is 13.3. The molecule has 2 nitrogen and oxygen atoms in total. The summed E-state index contributed by atoms with van der Waals surface area (Å²) in [6.07, 6.45) is 2.36. The molecule has 0 heterocycles. The Hall–Kier alpha value is -1.56. The molecule has 80 valence electrons. The summed E-state index contributed by atoms with van der Waals surface area (Å²) in [6, 6.07) is 8.83. The molecule has 1 aromatic carbocycles. The fourth-order valence-corrected chi connectivity index (χ4v) is 1.43. The first-order valence-electron chi connectivity index (χ1n) is 5.08. The Morgan fingerprint density at radius 1 is 1.33 bits per heavy atom. The molecule has 0 amide bonds. The molecule has 15 heavy (non-hydrogen) atoms. The minimum atomic E-state index is -0.194. The molecule has 0 bridgehead atoms. The zero-order valence-electron chi connectivity index (χ0n) is 8.91. The van der Waals surface area contributed by atoms with Gasteiger partial charge >= 0.3 is 0 Å². The number of para-hydroxylation sites is 1. The van der Waals surface area contributed by atoms with E-state index in [4.69, 9.17) is 5.26 Å². The van der Waals surface area contributed by atoms with Gasteiger partial charge in [-0.3, -0.25) is 0 Å². The molecule has 0 N–H and O–H groups in total. The molecule has 0 saturated carbocycles. The van der Waals surface area contributed by atoms with E-state index >= 15 is 0 Å². The highest BCUT2D eigenvalue weighted by Gasteiger charge is 2.05. The third kappa shape index (κ3) is 3.59. The lowest BCUT2D eigenvalue weighted by Crippen LogP contribution is -2.19. The molecular formula is C12H15FN2. The average Bonchev–Trinajstić information content (AvgIpc) is 2.25. The number of unbranched alkanes of at least 4 members (excludes halogenated alkanes) is 2. The first-order chi connectivity index (χ1) is 7.25. The van der Waals surface area contributed by atoms with Crippen molar-refractivity contribution in [1.82, 2.24) is 0 Å². The van der Waals surface area contributed by atoms with Gasteiger partial charge in [0.25, 0.3) is 0 Å². The molecule has 0 aliphatic rings. The number of nitriles is 1. The second kappa shape index (κ2) is 6.02. The van der Waals surface area contributed by atoms with Crippen LogP contribution < -0.4 is 4.90 Å². The maximum atomic E-state index is 13.3. The fraction of sp³-hybridized carbons (Fsp3) is 0.417. The van der Waals surface area contributed by atoms with Crippen LogP contribution in [0.25, 0.3) is 0 Å². The lowest BCUT2D eigenvalue weighted by atomic mass is 10.2. The Morgan fingerprint density at radius 2 is 2.07 bits per heavy atom. The number of anilines is 1. The van der Waals surface area contributed by atoms with Gasteiger partial charge in [-0.1, -0.05) is 12.1 Å². The van der Waals surface area contributed by atoms with Crippen LogP contribution in [0.15, 0.2) is 24.3 Å². The number of benzene rings is 1. The summed E-state index contributed by atoms with van der Waals surface area (Å²) in [7, 11) is 1.87. The maximum Gasteiger partial charge on any atom is 0.146 e. The third-order valence-corrected chi connectivity index (χ3v) is 2.30. The Balaban J connectivity index is 2.44. The standard InChI is InChI=1S/C12H15FN2/c1-15(10-6-2-5-9-14)12-8-4-3-7-11(12)13/h3-4,7-8H,2,5-6,10H2,1H3. The van der Waals surface area contributed by atoms with E-state index in [2.05, 4.69) is 6.07 Å². The number of rotatable bonds is 5. The van der Waals surface area contributed by atoms with Crippen LogP contribution in [0.5, 0.6) is 0 Å². The van der Waals surface area contributed by atoms with Crippen LogP contribution in [-0.4, -0.2) is 13.6 Å². The minimum absolute atomic E-state index is 0.194. The smallest absolute Gasteiger partial charge is 0.146 e. The molecule has 0 spiro atoms. The predicted octanol–water partition coefficient (Wildman–Crippen LogP) is 2.96. The Morgan fingerprint density at radius 3 is 2.73 bits per heavy atom. The molecule has 1 aromatic rings. The van der Waals surface area contributed by atoms with Crippen molar-refractivity contribution in [3.8, 4) is 6.07 Å². The van der Waals surface area contributed by atoms with Crippen LogP contribution in [-0.2, 0) is 0 Å². The highest BCUT2D eigenvalue weighted by Crippen LogP contribution is 2.17. The lowest BCUT2D eigenvalue weighted by Gasteiger charge is -2.19. The van der Waals surface area contributed by atoms with Crippen molar-refractivity contribution in [2.75, 3.05) is 18.5 Å². The van der Waals surface area contributed by atoms with Gasteiger partial charge in [0.2, 0.25) is 0 Å². The number of nitrogens with zero attached hydrogens (tertiary/aromatic N) is 2. The van der Waals surface area contributed by atoms with Gasteiger partial charge in [-0.05, 0) is 25.0 Å². The van der Waals surface area contributed by atoms with E-state index in [1.54, 1.807) is 12.1 Å². The Bertz CT molecular complexity index is 344. The number of hydrogen-bond acceptors (Lipinski definition) is 2. The van der Waals surface area contributed by atoms with E-state index in [0.29, 0.717) is 12.1 Å². The van der Waals surface area contributed by atoms with Gasteiger partial charge in [-0.15, -0.1) is 0 Å². The monoisotopic (exact) mass is 206 g/mol. The minimum Gasteiger partial charge on any atom is -0.372 e.